The summed E-state index contributed by atoms with van der Waals surface area (Å²) >= 11 is 1.44. The van der Waals surface area contributed by atoms with E-state index >= 15 is 0 Å². The molecule has 1 atom stereocenters. The summed E-state index contributed by atoms with van der Waals surface area (Å²) < 4.78 is 18.1. The van der Waals surface area contributed by atoms with Gasteiger partial charge in [-0.25, -0.2) is 9.37 Å². The molecule has 0 aliphatic carbocycles. The van der Waals surface area contributed by atoms with Crippen molar-refractivity contribution in [2.24, 2.45) is 0 Å². The van der Waals surface area contributed by atoms with Crippen LogP contribution in [-0.2, 0) is 0 Å². The van der Waals surface area contributed by atoms with Gasteiger partial charge in [0.05, 0.1) is 18.9 Å². The fourth-order valence-corrected chi connectivity index (χ4v) is 2.99. The Labute approximate surface area is 143 Å². The second kappa shape index (κ2) is 7.42. The highest BCUT2D eigenvalue weighted by Crippen LogP contribution is 2.26. The minimum absolute atomic E-state index is 0.270. The van der Waals surface area contributed by atoms with Crippen molar-refractivity contribution in [2.75, 3.05) is 19.0 Å². The van der Waals surface area contributed by atoms with Gasteiger partial charge in [-0.1, -0.05) is 12.1 Å². The molecule has 4 nitrogen and oxygen atoms in total. The molecule has 0 bridgehead atoms. The maximum Gasteiger partial charge on any atom is 0.183 e. The second-order valence-electron chi connectivity index (χ2n) is 5.22. The zero-order valence-corrected chi connectivity index (χ0v) is 13.9. The van der Waals surface area contributed by atoms with Crippen LogP contribution in [0, 0.1) is 5.82 Å². The molecule has 0 spiro atoms. The summed E-state index contributed by atoms with van der Waals surface area (Å²) in [4.78, 5) is 4.46. The van der Waals surface area contributed by atoms with E-state index in [4.69, 9.17) is 4.74 Å². The topological polar surface area (TPSA) is 54.4 Å². The summed E-state index contributed by atoms with van der Waals surface area (Å²) in [7, 11) is 1.59. The Balaban J connectivity index is 1.63. The molecule has 0 fully saturated rings. The third kappa shape index (κ3) is 3.90. The first-order valence-corrected chi connectivity index (χ1v) is 8.31. The number of nitrogens with one attached hydrogen (secondary N) is 1. The molecule has 0 radical (unpaired) electrons. The highest BCUT2D eigenvalue weighted by Gasteiger charge is 2.10. The molecule has 3 aromatic rings. The molecule has 24 heavy (non-hydrogen) atoms. The predicted molar refractivity (Wildman–Crippen MR) is 94.0 cm³/mol. The summed E-state index contributed by atoms with van der Waals surface area (Å²) in [6, 6.07) is 13.5. The highest BCUT2D eigenvalue weighted by molar-refractivity contribution is 7.14. The number of aliphatic hydroxyl groups excluding tert-OH is 1. The number of aliphatic hydroxyl groups is 1. The Hall–Kier alpha value is -2.44. The van der Waals surface area contributed by atoms with Crippen molar-refractivity contribution in [1.29, 1.82) is 0 Å². The lowest BCUT2D eigenvalue weighted by atomic mass is 10.1. The molecule has 6 heteroatoms. The largest absolute Gasteiger partial charge is 0.497 e. The number of thiazole rings is 1. The first kappa shape index (κ1) is 16.4. The van der Waals surface area contributed by atoms with Gasteiger partial charge in [-0.3, -0.25) is 0 Å². The van der Waals surface area contributed by atoms with Crippen LogP contribution in [0.1, 0.15) is 11.7 Å². The number of hydrogen-bond donors (Lipinski definition) is 2. The van der Waals surface area contributed by atoms with Crippen LogP contribution in [0.15, 0.2) is 53.9 Å². The summed E-state index contributed by atoms with van der Waals surface area (Å²) in [6.45, 7) is 0.337. The average molecular weight is 344 g/mol. The monoisotopic (exact) mass is 344 g/mol. The molecule has 0 amide bonds. The fraction of sp³-hybridized carbons (Fsp3) is 0.167. The van der Waals surface area contributed by atoms with Gasteiger partial charge in [0.25, 0.3) is 0 Å². The highest BCUT2D eigenvalue weighted by atomic mass is 32.1. The van der Waals surface area contributed by atoms with Crippen molar-refractivity contribution in [3.05, 3.63) is 65.3 Å². The second-order valence-corrected chi connectivity index (χ2v) is 6.08. The molecule has 1 heterocycles. The lowest BCUT2D eigenvalue weighted by Crippen LogP contribution is -2.12. The van der Waals surface area contributed by atoms with Crippen molar-refractivity contribution in [3.8, 4) is 17.0 Å². The number of ether oxygens (including phenoxy) is 1. The van der Waals surface area contributed by atoms with Gasteiger partial charge in [-0.15, -0.1) is 11.3 Å². The van der Waals surface area contributed by atoms with Crippen LogP contribution in [0.3, 0.4) is 0 Å². The van der Waals surface area contributed by atoms with Gasteiger partial charge in [0.2, 0.25) is 0 Å². The van der Waals surface area contributed by atoms with E-state index in [9.17, 15) is 9.50 Å². The fourth-order valence-electron chi connectivity index (χ4n) is 2.26. The molecule has 1 aromatic heterocycles. The van der Waals surface area contributed by atoms with E-state index in [-0.39, 0.29) is 5.82 Å². The molecular formula is C18H17FN2O2S. The molecule has 0 aliphatic rings. The van der Waals surface area contributed by atoms with E-state index in [1.54, 1.807) is 25.3 Å². The van der Waals surface area contributed by atoms with Crippen LogP contribution in [0.4, 0.5) is 9.52 Å². The maximum absolute atomic E-state index is 13.0. The van der Waals surface area contributed by atoms with Gasteiger partial charge in [-0.2, -0.15) is 0 Å². The van der Waals surface area contributed by atoms with Gasteiger partial charge in [0.15, 0.2) is 5.13 Å². The minimum Gasteiger partial charge on any atom is -0.497 e. The summed E-state index contributed by atoms with van der Waals surface area (Å²) in [5.41, 5.74) is 2.41. The Kier molecular flexibility index (Phi) is 5.08. The predicted octanol–water partition coefficient (Wildman–Crippen LogP) is 4.10. The van der Waals surface area contributed by atoms with Crippen LogP contribution >= 0.6 is 11.3 Å². The number of nitrogens with zero attached hydrogens (tertiary/aromatic N) is 1. The quantitative estimate of drug-likeness (QED) is 0.707. The van der Waals surface area contributed by atoms with Gasteiger partial charge in [-0.05, 0) is 42.0 Å². The lowest BCUT2D eigenvalue weighted by molar-refractivity contribution is 0.191. The number of rotatable bonds is 6. The molecule has 0 aliphatic heterocycles. The summed E-state index contributed by atoms with van der Waals surface area (Å²) in [5, 5.41) is 16.0. The number of halogens is 1. The van der Waals surface area contributed by atoms with Gasteiger partial charge in [0.1, 0.15) is 11.6 Å². The molecule has 3 rings (SSSR count). The Bertz CT molecular complexity index is 805. The third-order valence-corrected chi connectivity index (χ3v) is 4.37. The number of methoxy groups -OCH3 is 1. The van der Waals surface area contributed by atoms with Gasteiger partial charge >= 0.3 is 0 Å². The van der Waals surface area contributed by atoms with Crippen LogP contribution in [-0.4, -0.2) is 23.7 Å². The standard InChI is InChI=1S/C18H17FN2O2S/c1-23-15-4-2-3-13(9-15)17(22)10-20-18-21-16(11-24-18)12-5-7-14(19)8-6-12/h2-9,11,17,22H,10H2,1H3,(H,20,21). The van der Waals surface area contributed by atoms with Crippen LogP contribution in [0.2, 0.25) is 0 Å². The van der Waals surface area contributed by atoms with Crippen LogP contribution < -0.4 is 10.1 Å². The molecule has 0 saturated heterocycles. The van der Waals surface area contributed by atoms with Crippen LogP contribution in [0.5, 0.6) is 5.75 Å². The summed E-state index contributed by atoms with van der Waals surface area (Å²) in [5.74, 6) is 0.438. The van der Waals surface area contributed by atoms with E-state index in [1.165, 1.54) is 23.5 Å². The van der Waals surface area contributed by atoms with E-state index < -0.39 is 6.10 Å². The first-order chi connectivity index (χ1) is 11.7. The Morgan fingerprint density at radius 2 is 2.04 bits per heavy atom. The Morgan fingerprint density at radius 1 is 1.25 bits per heavy atom. The zero-order chi connectivity index (χ0) is 16.9. The SMILES string of the molecule is COc1cccc(C(O)CNc2nc(-c3ccc(F)cc3)cs2)c1. The Morgan fingerprint density at radius 3 is 2.79 bits per heavy atom. The molecule has 0 saturated carbocycles. The smallest absolute Gasteiger partial charge is 0.183 e. The van der Waals surface area contributed by atoms with E-state index in [2.05, 4.69) is 10.3 Å². The number of hydrogen-bond acceptors (Lipinski definition) is 5. The number of aromatic nitrogens is 1. The summed E-state index contributed by atoms with van der Waals surface area (Å²) in [6.07, 6.45) is -0.668. The molecular weight excluding hydrogens is 327 g/mol. The average Bonchev–Trinajstić information content (AvgIpc) is 3.09. The minimum atomic E-state index is -0.668. The van der Waals surface area contributed by atoms with Crippen molar-refractivity contribution in [1.82, 2.24) is 4.98 Å². The van der Waals surface area contributed by atoms with Crippen molar-refractivity contribution < 1.29 is 14.2 Å². The third-order valence-electron chi connectivity index (χ3n) is 3.57. The van der Waals surface area contributed by atoms with E-state index in [0.29, 0.717) is 17.4 Å². The van der Waals surface area contributed by atoms with Crippen molar-refractivity contribution in [3.63, 3.8) is 0 Å². The molecule has 124 valence electrons. The molecule has 2 N–H and O–H groups in total. The van der Waals surface area contributed by atoms with Gasteiger partial charge < -0.3 is 15.2 Å². The van der Waals surface area contributed by atoms with Crippen LogP contribution in [0.25, 0.3) is 11.3 Å². The number of benzene rings is 2. The van der Waals surface area contributed by atoms with Gasteiger partial charge in [0, 0.05) is 17.5 Å². The molecule has 1 unspecified atom stereocenters. The lowest BCUT2D eigenvalue weighted by Gasteiger charge is -2.12. The molecule has 2 aromatic carbocycles. The van der Waals surface area contributed by atoms with E-state index in [1.807, 2.05) is 23.6 Å². The van der Waals surface area contributed by atoms with Crippen molar-refractivity contribution >= 4 is 16.5 Å². The van der Waals surface area contributed by atoms with E-state index in [0.717, 1.165) is 16.8 Å². The first-order valence-electron chi connectivity index (χ1n) is 7.43. The number of anilines is 1. The maximum atomic E-state index is 13.0. The van der Waals surface area contributed by atoms with Crippen molar-refractivity contribution in [2.45, 2.75) is 6.10 Å². The zero-order valence-electron chi connectivity index (χ0n) is 13.1. The normalized spacial score (nSPS) is 12.0.